The summed E-state index contributed by atoms with van der Waals surface area (Å²) in [5, 5.41) is 5.46. The van der Waals surface area contributed by atoms with Crippen LogP contribution >= 0.6 is 23.3 Å². The lowest BCUT2D eigenvalue weighted by molar-refractivity contribution is 0.831. The van der Waals surface area contributed by atoms with E-state index in [1.807, 2.05) is 0 Å². The molecule has 1 aliphatic rings. The molecule has 0 aliphatic carbocycles. The number of thiophene rings is 1. The van der Waals surface area contributed by atoms with Crippen LogP contribution in [0.15, 0.2) is 14.6 Å². The minimum atomic E-state index is 0.311. The molecule has 0 radical (unpaired) electrons. The van der Waals surface area contributed by atoms with E-state index in [1.54, 1.807) is 23.3 Å². The highest BCUT2D eigenvalue weighted by atomic mass is 32.2. The van der Waals surface area contributed by atoms with Crippen LogP contribution in [-0.2, 0) is 0 Å². The topological polar surface area (TPSA) is 36.4 Å². The van der Waals surface area contributed by atoms with Crippen LogP contribution in [0.5, 0.6) is 0 Å². The number of guanidine groups is 1. The Morgan fingerprint density at radius 2 is 2.21 bits per heavy atom. The Morgan fingerprint density at radius 3 is 2.93 bits per heavy atom. The van der Waals surface area contributed by atoms with Gasteiger partial charge in [0, 0.05) is 18.0 Å². The van der Waals surface area contributed by atoms with Gasteiger partial charge in [0.05, 0.1) is 5.69 Å². The molecule has 0 fully saturated rings. The molecule has 0 unspecified atom stereocenters. The Hall–Kier alpha value is -0.680. The van der Waals surface area contributed by atoms with Crippen LogP contribution in [-0.4, -0.2) is 12.0 Å². The molecule has 0 atom stereocenters. The normalized spacial score (nSPS) is 17.9. The fourth-order valence-electron chi connectivity index (χ4n) is 1.20. The lowest BCUT2D eigenvalue weighted by Gasteiger charge is -2.18. The summed E-state index contributed by atoms with van der Waals surface area (Å²) in [5.41, 5.74) is 2.49. The fraction of sp³-hybridized carbons (Fsp3) is 0.444. The highest BCUT2D eigenvalue weighted by Gasteiger charge is 2.17. The first-order valence-electron chi connectivity index (χ1n) is 4.52. The molecule has 0 aromatic carbocycles. The maximum atomic E-state index is 4.43. The van der Waals surface area contributed by atoms with Gasteiger partial charge in [-0.1, -0.05) is 0 Å². The third kappa shape index (κ3) is 1.88. The summed E-state index contributed by atoms with van der Waals surface area (Å²) in [6, 6.07) is 0.311. The Kier molecular flexibility index (Phi) is 2.69. The monoisotopic (exact) mass is 227 g/mol. The summed E-state index contributed by atoms with van der Waals surface area (Å²) < 4.78 is 4.47. The molecule has 2 heterocycles. The van der Waals surface area contributed by atoms with Gasteiger partial charge in [0.2, 0.25) is 5.96 Å². The Balaban J connectivity index is 2.24. The minimum Gasteiger partial charge on any atom is -0.324 e. The summed E-state index contributed by atoms with van der Waals surface area (Å²) >= 11 is 3.39. The summed E-state index contributed by atoms with van der Waals surface area (Å²) in [5.74, 6) is 0.860. The average Bonchev–Trinajstić information content (AvgIpc) is 2.47. The second-order valence-electron chi connectivity index (χ2n) is 3.48. The van der Waals surface area contributed by atoms with Gasteiger partial charge < -0.3 is 5.32 Å². The molecule has 3 nitrogen and oxygen atoms in total. The Morgan fingerprint density at radius 1 is 1.43 bits per heavy atom. The standard InChI is InChI=1S/C9H13N3S2/c1-5(2)10-9-11-7-6(3)4-13-8(7)14-12-9/h4-5H,1-3H3,(H2,10,11,12). The second kappa shape index (κ2) is 3.82. The van der Waals surface area contributed by atoms with E-state index in [-0.39, 0.29) is 0 Å². The molecule has 0 bridgehead atoms. The predicted octanol–water partition coefficient (Wildman–Crippen LogP) is 2.84. The van der Waals surface area contributed by atoms with E-state index in [4.69, 9.17) is 0 Å². The molecule has 0 saturated heterocycles. The predicted molar refractivity (Wildman–Crippen MR) is 64.2 cm³/mol. The lowest BCUT2D eigenvalue weighted by atomic mass is 10.3. The maximum Gasteiger partial charge on any atom is 0.206 e. The number of nitrogens with one attached hydrogen (secondary N) is 2. The van der Waals surface area contributed by atoms with Crippen molar-refractivity contribution in [1.29, 1.82) is 0 Å². The van der Waals surface area contributed by atoms with Gasteiger partial charge in [-0.15, -0.1) is 11.3 Å². The summed E-state index contributed by atoms with van der Waals surface area (Å²) in [7, 11) is 0. The van der Waals surface area contributed by atoms with Crippen LogP contribution in [0.3, 0.4) is 0 Å². The maximum absolute atomic E-state index is 4.43. The molecule has 1 aromatic rings. The van der Waals surface area contributed by atoms with E-state index in [9.17, 15) is 0 Å². The van der Waals surface area contributed by atoms with Crippen molar-refractivity contribution in [2.75, 3.05) is 5.32 Å². The number of hydrogen-bond acceptors (Lipinski definition) is 3. The Labute approximate surface area is 92.1 Å². The van der Waals surface area contributed by atoms with E-state index in [0.29, 0.717) is 6.04 Å². The number of rotatable bonds is 1. The van der Waals surface area contributed by atoms with Gasteiger partial charge in [0.15, 0.2) is 0 Å². The van der Waals surface area contributed by atoms with Crippen molar-refractivity contribution in [3.63, 3.8) is 0 Å². The van der Waals surface area contributed by atoms with Crippen LogP contribution in [0.4, 0.5) is 5.69 Å². The number of aliphatic imine (C=N–C) groups is 1. The molecule has 2 N–H and O–H groups in total. The first kappa shape index (κ1) is 9.86. The highest BCUT2D eigenvalue weighted by Crippen LogP contribution is 2.37. The van der Waals surface area contributed by atoms with Gasteiger partial charge >= 0.3 is 0 Å². The zero-order valence-corrected chi connectivity index (χ0v) is 10.1. The van der Waals surface area contributed by atoms with Crippen molar-refractivity contribution in [2.45, 2.75) is 31.0 Å². The molecule has 1 aromatic heterocycles. The van der Waals surface area contributed by atoms with Gasteiger partial charge in [-0.25, -0.2) is 4.99 Å². The van der Waals surface area contributed by atoms with Gasteiger partial charge in [-0.05, 0) is 31.7 Å². The van der Waals surface area contributed by atoms with E-state index in [0.717, 1.165) is 5.96 Å². The van der Waals surface area contributed by atoms with Crippen molar-refractivity contribution in [1.82, 2.24) is 4.72 Å². The highest BCUT2D eigenvalue weighted by molar-refractivity contribution is 8.00. The zero-order valence-electron chi connectivity index (χ0n) is 8.42. The minimum absolute atomic E-state index is 0.311. The molecule has 5 heteroatoms. The van der Waals surface area contributed by atoms with Crippen LogP contribution in [0.1, 0.15) is 19.4 Å². The smallest absolute Gasteiger partial charge is 0.206 e. The zero-order chi connectivity index (χ0) is 10.1. The molecular weight excluding hydrogens is 214 g/mol. The van der Waals surface area contributed by atoms with Crippen molar-refractivity contribution in [3.05, 3.63) is 10.9 Å². The van der Waals surface area contributed by atoms with Gasteiger partial charge in [-0.3, -0.25) is 4.72 Å². The number of fused-ring (bicyclic) bond motifs is 1. The van der Waals surface area contributed by atoms with Crippen LogP contribution in [0.2, 0.25) is 0 Å². The lowest BCUT2D eigenvalue weighted by Crippen LogP contribution is -2.29. The second-order valence-corrected chi connectivity index (χ2v) is 5.44. The van der Waals surface area contributed by atoms with Gasteiger partial charge in [0.1, 0.15) is 4.21 Å². The van der Waals surface area contributed by atoms with E-state index in [2.05, 4.69) is 41.2 Å². The van der Waals surface area contributed by atoms with Crippen LogP contribution < -0.4 is 10.0 Å². The van der Waals surface area contributed by atoms with E-state index in [1.165, 1.54) is 15.5 Å². The molecule has 1 aliphatic heterocycles. The van der Waals surface area contributed by atoms with Crippen LogP contribution in [0, 0.1) is 6.92 Å². The summed E-state index contributed by atoms with van der Waals surface area (Å²) in [6.45, 7) is 6.25. The third-order valence-corrected chi connectivity index (χ3v) is 3.93. The van der Waals surface area contributed by atoms with Crippen LogP contribution in [0.25, 0.3) is 0 Å². The molecule has 0 amide bonds. The molecular formula is C9H13N3S2. The Bertz CT molecular complexity index is 368. The number of aryl methyl sites for hydroxylation is 1. The van der Waals surface area contributed by atoms with Crippen molar-refractivity contribution < 1.29 is 0 Å². The average molecular weight is 227 g/mol. The third-order valence-electron chi connectivity index (χ3n) is 1.81. The van der Waals surface area contributed by atoms with Crippen molar-refractivity contribution >= 4 is 34.9 Å². The molecule has 2 rings (SSSR count). The largest absolute Gasteiger partial charge is 0.324 e. The first-order chi connectivity index (χ1) is 6.66. The van der Waals surface area contributed by atoms with Crippen molar-refractivity contribution in [3.8, 4) is 0 Å². The quantitative estimate of drug-likeness (QED) is 0.724. The molecule has 0 saturated carbocycles. The molecule has 14 heavy (non-hydrogen) atoms. The molecule has 76 valence electrons. The fourth-order valence-corrected chi connectivity index (χ4v) is 3.00. The number of anilines is 1. The summed E-state index contributed by atoms with van der Waals surface area (Å²) in [6.07, 6.45) is 0. The SMILES string of the molecule is Cc1csc2c1NC(=NC(C)C)NS2. The number of nitrogens with zero attached hydrogens (tertiary/aromatic N) is 1. The molecule has 0 spiro atoms. The number of hydrogen-bond donors (Lipinski definition) is 2. The van der Waals surface area contributed by atoms with Gasteiger partial charge in [-0.2, -0.15) is 0 Å². The van der Waals surface area contributed by atoms with Gasteiger partial charge in [0.25, 0.3) is 0 Å². The van der Waals surface area contributed by atoms with E-state index >= 15 is 0 Å². The van der Waals surface area contributed by atoms with Crippen molar-refractivity contribution in [2.24, 2.45) is 4.99 Å². The first-order valence-corrected chi connectivity index (χ1v) is 6.22. The van der Waals surface area contributed by atoms with E-state index < -0.39 is 0 Å². The summed E-state index contributed by atoms with van der Waals surface area (Å²) in [4.78, 5) is 4.43.